The average molecular weight is 937 g/mol. The molecule has 1 fully saturated rings. The van der Waals surface area contributed by atoms with E-state index >= 15 is 0 Å². The Kier molecular flexibility index (Phi) is 14.5. The number of aromatic hydroxyl groups is 2. The Morgan fingerprint density at radius 3 is 1.65 bits per heavy atom. The Bertz CT molecular complexity index is 3000. The molecular weight excluding hydrogens is 893 g/mol. The first-order valence-electron chi connectivity index (χ1n) is 21.7. The standard InChI is InChI=1S/C53H44O16/c1-3-26-62-46-43(56)42-39(61-2)28-36(29-40(42)65-44(46)35-24-25-37(54)38(55)27-35)64-53-48(69-52(60)34-22-14-7-15-23-34)47(68-51(59)33-20-12-6-13-21-33)45(67-50(58)32-18-10-5-11-19-32)41(66-53)30-63-49(57)31-16-8-4-9-17-31/h4-25,27-29,41,45,47-48,53-55H,3,26,30H2,1-2H3/t41?,45-,47?,48+,53-/m1/s1. The highest BCUT2D eigenvalue weighted by Gasteiger charge is 2.54. The maximum atomic E-state index is 14.3. The molecular formula is C53H44O16. The molecule has 16 nitrogen and oxygen atoms in total. The van der Waals surface area contributed by atoms with Gasteiger partial charge in [0.05, 0.1) is 36.0 Å². The zero-order valence-corrected chi connectivity index (χ0v) is 37.1. The van der Waals surface area contributed by atoms with Gasteiger partial charge < -0.3 is 52.5 Å². The van der Waals surface area contributed by atoms with Crippen molar-refractivity contribution in [1.29, 1.82) is 0 Å². The van der Waals surface area contributed by atoms with Crippen molar-refractivity contribution < 1.29 is 71.7 Å². The second kappa shape index (κ2) is 21.3. The molecule has 1 aliphatic rings. The second-order valence-electron chi connectivity index (χ2n) is 15.5. The van der Waals surface area contributed by atoms with Crippen LogP contribution >= 0.6 is 0 Å². The molecule has 1 aliphatic heterocycles. The first-order chi connectivity index (χ1) is 33.5. The molecule has 2 N–H and O–H groups in total. The fourth-order valence-corrected chi connectivity index (χ4v) is 7.42. The zero-order chi connectivity index (χ0) is 48.4. The topological polar surface area (TPSA) is 213 Å². The number of methoxy groups -OCH3 is 1. The van der Waals surface area contributed by atoms with Gasteiger partial charge in [-0.2, -0.15) is 0 Å². The quantitative estimate of drug-likeness (QED) is 0.0530. The lowest BCUT2D eigenvalue weighted by Gasteiger charge is -2.44. The Labute approximate surface area is 394 Å². The van der Waals surface area contributed by atoms with Crippen molar-refractivity contribution in [2.45, 2.75) is 44.1 Å². The molecule has 0 radical (unpaired) electrons. The van der Waals surface area contributed by atoms with Crippen LogP contribution in [0.1, 0.15) is 54.8 Å². The maximum absolute atomic E-state index is 14.3. The molecule has 69 heavy (non-hydrogen) atoms. The summed E-state index contributed by atoms with van der Waals surface area (Å²) in [6.07, 6.45) is -7.86. The zero-order valence-electron chi connectivity index (χ0n) is 37.1. The van der Waals surface area contributed by atoms with E-state index in [2.05, 4.69) is 0 Å². The molecule has 0 aliphatic carbocycles. The van der Waals surface area contributed by atoms with Crippen LogP contribution < -0.4 is 19.6 Å². The summed E-state index contributed by atoms with van der Waals surface area (Å²) < 4.78 is 55.2. The van der Waals surface area contributed by atoms with Gasteiger partial charge in [0.1, 0.15) is 35.2 Å². The third-order valence-electron chi connectivity index (χ3n) is 10.8. The van der Waals surface area contributed by atoms with E-state index in [1.165, 1.54) is 86.0 Å². The summed E-state index contributed by atoms with van der Waals surface area (Å²) in [5, 5.41) is 20.4. The average Bonchev–Trinajstić information content (AvgIpc) is 3.38. The molecule has 6 aromatic carbocycles. The first-order valence-corrected chi connectivity index (χ1v) is 21.7. The number of phenols is 2. The van der Waals surface area contributed by atoms with Gasteiger partial charge in [0.2, 0.25) is 23.6 Å². The van der Waals surface area contributed by atoms with E-state index in [9.17, 15) is 34.2 Å². The Hall–Kier alpha value is -8.63. The van der Waals surface area contributed by atoms with Crippen molar-refractivity contribution in [3.63, 3.8) is 0 Å². The summed E-state index contributed by atoms with van der Waals surface area (Å²) >= 11 is 0. The number of ether oxygens (including phenoxy) is 8. The van der Waals surface area contributed by atoms with Gasteiger partial charge in [-0.15, -0.1) is 0 Å². The van der Waals surface area contributed by atoms with E-state index in [0.717, 1.165) is 0 Å². The summed E-state index contributed by atoms with van der Waals surface area (Å²) in [5.74, 6) is -4.84. The summed E-state index contributed by atoms with van der Waals surface area (Å²) in [5.41, 5.74) is -0.100. The summed E-state index contributed by atoms with van der Waals surface area (Å²) in [4.78, 5) is 69.9. The molecule has 5 atom stereocenters. The van der Waals surface area contributed by atoms with Crippen LogP contribution in [0.3, 0.4) is 0 Å². The van der Waals surface area contributed by atoms with Gasteiger partial charge in [0.25, 0.3) is 0 Å². The number of esters is 4. The molecule has 1 saturated heterocycles. The number of hydrogen-bond donors (Lipinski definition) is 2. The van der Waals surface area contributed by atoms with Gasteiger partial charge in [-0.05, 0) is 73.2 Å². The molecule has 7 aromatic rings. The van der Waals surface area contributed by atoms with E-state index in [1.807, 2.05) is 6.92 Å². The van der Waals surface area contributed by atoms with E-state index in [1.54, 1.807) is 72.8 Å². The fourth-order valence-electron chi connectivity index (χ4n) is 7.42. The van der Waals surface area contributed by atoms with Crippen molar-refractivity contribution in [2.75, 3.05) is 20.3 Å². The van der Waals surface area contributed by atoms with Crippen molar-refractivity contribution in [2.24, 2.45) is 0 Å². The number of hydrogen-bond acceptors (Lipinski definition) is 16. The molecule has 8 rings (SSSR count). The van der Waals surface area contributed by atoms with Gasteiger partial charge in [0, 0.05) is 17.7 Å². The van der Waals surface area contributed by atoms with Crippen LogP contribution in [0.5, 0.6) is 28.7 Å². The Morgan fingerprint density at radius 1 is 0.609 bits per heavy atom. The first kappa shape index (κ1) is 46.9. The summed E-state index contributed by atoms with van der Waals surface area (Å²) in [6, 6.07) is 38.3. The Balaban J connectivity index is 1.27. The SMILES string of the molecule is CCCOc1c(-c2ccc(O)c(O)c2)oc2cc(O[C@@H]3OC(COC(=O)c4ccccc4)[C@@H](OC(=O)c4ccccc4)C(OC(=O)c4ccccc4)[C@@H]3OC(=O)c3ccccc3)cc(OC)c2c1=O. The minimum Gasteiger partial charge on any atom is -0.504 e. The van der Waals surface area contributed by atoms with Gasteiger partial charge in [-0.25, -0.2) is 19.2 Å². The third-order valence-corrected chi connectivity index (χ3v) is 10.8. The monoisotopic (exact) mass is 936 g/mol. The molecule has 352 valence electrons. The summed E-state index contributed by atoms with van der Waals surface area (Å²) in [7, 11) is 1.31. The number of carbonyl (C=O) groups is 4. The highest BCUT2D eigenvalue weighted by Crippen LogP contribution is 2.40. The van der Waals surface area contributed by atoms with Gasteiger partial charge in [0.15, 0.2) is 29.5 Å². The predicted octanol–water partition coefficient (Wildman–Crippen LogP) is 8.31. The lowest BCUT2D eigenvalue weighted by molar-refractivity contribution is -0.275. The van der Waals surface area contributed by atoms with Crippen LogP contribution in [0.4, 0.5) is 0 Å². The molecule has 2 unspecified atom stereocenters. The smallest absolute Gasteiger partial charge is 0.338 e. The van der Waals surface area contributed by atoms with Crippen molar-refractivity contribution in [3.05, 3.63) is 184 Å². The van der Waals surface area contributed by atoms with Crippen LogP contribution in [0.25, 0.3) is 22.3 Å². The van der Waals surface area contributed by atoms with E-state index in [-0.39, 0.29) is 68.4 Å². The van der Waals surface area contributed by atoms with Crippen LogP contribution in [0, 0.1) is 0 Å². The minimum atomic E-state index is -1.77. The van der Waals surface area contributed by atoms with Crippen LogP contribution in [0.2, 0.25) is 0 Å². The second-order valence-corrected chi connectivity index (χ2v) is 15.5. The molecule has 2 heterocycles. The highest BCUT2D eigenvalue weighted by molar-refractivity contribution is 5.92. The Morgan fingerprint density at radius 2 is 1.13 bits per heavy atom. The number of carbonyl (C=O) groups excluding carboxylic acids is 4. The van der Waals surface area contributed by atoms with Crippen molar-refractivity contribution >= 4 is 34.8 Å². The molecule has 16 heteroatoms. The normalized spacial score (nSPS) is 17.5. The number of rotatable bonds is 16. The van der Waals surface area contributed by atoms with Crippen LogP contribution in [-0.2, 0) is 23.7 Å². The van der Waals surface area contributed by atoms with Crippen molar-refractivity contribution in [3.8, 4) is 40.1 Å². The lowest BCUT2D eigenvalue weighted by Crippen LogP contribution is -2.63. The molecule has 0 spiro atoms. The minimum absolute atomic E-state index is 0.0543. The van der Waals surface area contributed by atoms with E-state index in [4.69, 9.17) is 42.3 Å². The van der Waals surface area contributed by atoms with E-state index in [0.29, 0.717) is 6.42 Å². The fraction of sp³-hybridized carbons (Fsp3) is 0.189. The predicted molar refractivity (Wildman–Crippen MR) is 247 cm³/mol. The number of fused-ring (bicyclic) bond motifs is 1. The molecule has 0 bridgehead atoms. The summed E-state index contributed by atoms with van der Waals surface area (Å²) in [6.45, 7) is 1.36. The molecule has 0 saturated carbocycles. The van der Waals surface area contributed by atoms with Gasteiger partial charge >= 0.3 is 23.9 Å². The lowest BCUT2D eigenvalue weighted by atomic mass is 9.97. The molecule has 0 amide bonds. The largest absolute Gasteiger partial charge is 0.504 e. The number of phenolic OH excluding ortho intramolecular Hbond substituents is 2. The van der Waals surface area contributed by atoms with Crippen LogP contribution in [-0.4, -0.2) is 85.1 Å². The third kappa shape index (κ3) is 10.7. The highest BCUT2D eigenvalue weighted by atomic mass is 16.7. The van der Waals surface area contributed by atoms with Gasteiger partial charge in [-0.1, -0.05) is 79.7 Å². The van der Waals surface area contributed by atoms with Crippen molar-refractivity contribution in [1.82, 2.24) is 0 Å². The van der Waals surface area contributed by atoms with Crippen LogP contribution in [0.15, 0.2) is 161 Å². The number of benzene rings is 6. The maximum Gasteiger partial charge on any atom is 0.338 e. The van der Waals surface area contributed by atoms with Gasteiger partial charge in [-0.3, -0.25) is 4.79 Å². The molecule has 1 aromatic heterocycles. The van der Waals surface area contributed by atoms with E-state index < -0.39 is 78.1 Å².